The van der Waals surface area contributed by atoms with Gasteiger partial charge in [0.05, 0.1) is 0 Å². The van der Waals surface area contributed by atoms with E-state index in [0.717, 1.165) is 6.54 Å². The van der Waals surface area contributed by atoms with Crippen molar-refractivity contribution < 1.29 is 0 Å². The summed E-state index contributed by atoms with van der Waals surface area (Å²) < 4.78 is 0. The monoisotopic (exact) mass is 268 g/mol. The molecule has 2 nitrogen and oxygen atoms in total. The highest BCUT2D eigenvalue weighted by molar-refractivity contribution is 5.48. The number of rotatable bonds is 4. The molecule has 0 aliphatic carbocycles. The first kappa shape index (κ1) is 14.6. The van der Waals surface area contributed by atoms with Crippen LogP contribution in [0, 0.1) is 20.8 Å². The lowest BCUT2D eigenvalue weighted by atomic mass is 9.99. The highest BCUT2D eigenvalue weighted by Crippen LogP contribution is 2.21. The zero-order chi connectivity index (χ0) is 14.7. The van der Waals surface area contributed by atoms with Gasteiger partial charge in [0.1, 0.15) is 0 Å². The minimum Gasteiger partial charge on any atom is -0.373 e. The molecule has 0 heterocycles. The van der Waals surface area contributed by atoms with Gasteiger partial charge in [0.15, 0.2) is 0 Å². The number of likely N-dealkylation sites (N-methyl/N-ethyl adjacent to an activating group) is 1. The van der Waals surface area contributed by atoms with Crippen LogP contribution in [-0.4, -0.2) is 13.6 Å². The van der Waals surface area contributed by atoms with Gasteiger partial charge in [-0.15, -0.1) is 0 Å². The third-order valence-corrected chi connectivity index (χ3v) is 3.75. The van der Waals surface area contributed by atoms with Crippen molar-refractivity contribution in [2.45, 2.75) is 26.8 Å². The van der Waals surface area contributed by atoms with Gasteiger partial charge >= 0.3 is 0 Å². The maximum atomic E-state index is 6.40. The molecule has 0 amide bonds. The van der Waals surface area contributed by atoms with Crippen LogP contribution in [0.1, 0.15) is 28.3 Å². The van der Waals surface area contributed by atoms with E-state index in [0.29, 0.717) is 0 Å². The fourth-order valence-corrected chi connectivity index (χ4v) is 2.52. The maximum absolute atomic E-state index is 6.40. The van der Waals surface area contributed by atoms with Gasteiger partial charge in [-0.25, -0.2) is 0 Å². The number of benzene rings is 2. The summed E-state index contributed by atoms with van der Waals surface area (Å²) in [7, 11) is 2.10. The first-order valence-corrected chi connectivity index (χ1v) is 7.08. The molecule has 0 bridgehead atoms. The third kappa shape index (κ3) is 3.40. The maximum Gasteiger partial charge on any atom is 0.0475 e. The number of anilines is 1. The van der Waals surface area contributed by atoms with Gasteiger partial charge in [-0.3, -0.25) is 0 Å². The summed E-state index contributed by atoms with van der Waals surface area (Å²) in [5.41, 5.74) is 12.7. The van der Waals surface area contributed by atoms with Gasteiger partial charge in [0.25, 0.3) is 0 Å². The molecule has 1 atom stereocenters. The van der Waals surface area contributed by atoms with Gasteiger partial charge in [-0.2, -0.15) is 0 Å². The lowest BCUT2D eigenvalue weighted by Crippen LogP contribution is -2.29. The van der Waals surface area contributed by atoms with E-state index in [4.69, 9.17) is 5.73 Å². The highest BCUT2D eigenvalue weighted by Gasteiger charge is 2.12. The van der Waals surface area contributed by atoms with Crippen LogP contribution in [-0.2, 0) is 0 Å². The summed E-state index contributed by atoms with van der Waals surface area (Å²) in [6, 6.07) is 15.0. The molecule has 0 aliphatic rings. The summed E-state index contributed by atoms with van der Waals surface area (Å²) in [4.78, 5) is 2.22. The lowest BCUT2D eigenvalue weighted by Gasteiger charge is -2.25. The molecule has 106 valence electrons. The molecule has 2 rings (SSSR count). The zero-order valence-electron chi connectivity index (χ0n) is 12.9. The van der Waals surface area contributed by atoms with Crippen molar-refractivity contribution in [3.8, 4) is 0 Å². The van der Waals surface area contributed by atoms with Crippen molar-refractivity contribution in [2.24, 2.45) is 5.73 Å². The van der Waals surface area contributed by atoms with E-state index in [1.54, 1.807) is 0 Å². The van der Waals surface area contributed by atoms with Crippen LogP contribution in [0.15, 0.2) is 42.5 Å². The van der Waals surface area contributed by atoms with Crippen LogP contribution in [0.4, 0.5) is 5.69 Å². The molecule has 0 saturated heterocycles. The van der Waals surface area contributed by atoms with E-state index < -0.39 is 0 Å². The molecule has 0 radical (unpaired) electrons. The topological polar surface area (TPSA) is 29.3 Å². The van der Waals surface area contributed by atoms with E-state index >= 15 is 0 Å². The van der Waals surface area contributed by atoms with Crippen LogP contribution < -0.4 is 10.6 Å². The van der Waals surface area contributed by atoms with Gasteiger partial charge in [-0.05, 0) is 49.6 Å². The van der Waals surface area contributed by atoms with Crippen molar-refractivity contribution in [3.63, 3.8) is 0 Å². The molecule has 0 fully saturated rings. The molecule has 0 spiro atoms. The average molecular weight is 268 g/mol. The van der Waals surface area contributed by atoms with Crippen LogP contribution in [0.5, 0.6) is 0 Å². The van der Waals surface area contributed by atoms with Crippen molar-refractivity contribution in [2.75, 3.05) is 18.5 Å². The van der Waals surface area contributed by atoms with Crippen molar-refractivity contribution in [1.82, 2.24) is 0 Å². The Morgan fingerprint density at radius 2 is 1.70 bits per heavy atom. The highest BCUT2D eigenvalue weighted by atomic mass is 15.1. The molecule has 0 saturated carbocycles. The first-order chi connectivity index (χ1) is 9.47. The largest absolute Gasteiger partial charge is 0.373 e. The second-order valence-corrected chi connectivity index (χ2v) is 5.69. The standard InChI is InChI=1S/C18H24N2/c1-13-6-5-7-16(10-13)20(4)12-18(19)17-11-14(2)8-9-15(17)3/h5-11,18H,12,19H2,1-4H3. The van der Waals surface area contributed by atoms with Crippen LogP contribution >= 0.6 is 0 Å². The number of nitrogens with two attached hydrogens (primary N) is 1. The van der Waals surface area contributed by atoms with E-state index in [1.807, 2.05) is 0 Å². The Morgan fingerprint density at radius 3 is 2.40 bits per heavy atom. The molecular weight excluding hydrogens is 244 g/mol. The van der Waals surface area contributed by atoms with Crippen LogP contribution in [0.3, 0.4) is 0 Å². The SMILES string of the molecule is Cc1cccc(N(C)CC(N)c2cc(C)ccc2C)c1. The van der Waals surface area contributed by atoms with Gasteiger partial charge < -0.3 is 10.6 Å². The summed E-state index contributed by atoms with van der Waals surface area (Å²) in [6.07, 6.45) is 0. The minimum absolute atomic E-state index is 0.0282. The van der Waals surface area contributed by atoms with E-state index in [1.165, 1.54) is 27.9 Å². The summed E-state index contributed by atoms with van der Waals surface area (Å²) in [6.45, 7) is 7.16. The number of aryl methyl sites for hydroxylation is 3. The molecule has 20 heavy (non-hydrogen) atoms. The van der Waals surface area contributed by atoms with E-state index in [-0.39, 0.29) is 6.04 Å². The molecule has 2 N–H and O–H groups in total. The van der Waals surface area contributed by atoms with Gasteiger partial charge in [0, 0.05) is 25.3 Å². The van der Waals surface area contributed by atoms with Gasteiger partial charge in [0.2, 0.25) is 0 Å². The van der Waals surface area contributed by atoms with Crippen molar-refractivity contribution >= 4 is 5.69 Å². The molecular formula is C18H24N2. The van der Waals surface area contributed by atoms with Crippen LogP contribution in [0.25, 0.3) is 0 Å². The number of hydrogen-bond donors (Lipinski definition) is 1. The summed E-state index contributed by atoms with van der Waals surface area (Å²) >= 11 is 0. The Hall–Kier alpha value is -1.80. The molecule has 2 aromatic rings. The first-order valence-electron chi connectivity index (χ1n) is 7.08. The average Bonchev–Trinajstić information content (AvgIpc) is 2.41. The Kier molecular flexibility index (Phi) is 4.46. The van der Waals surface area contributed by atoms with Gasteiger partial charge in [-0.1, -0.05) is 35.9 Å². The molecule has 0 aliphatic heterocycles. The fraction of sp³-hybridized carbons (Fsp3) is 0.333. The predicted molar refractivity (Wildman–Crippen MR) is 87.3 cm³/mol. The Morgan fingerprint density at radius 1 is 1.00 bits per heavy atom. The molecule has 2 aromatic carbocycles. The summed E-state index contributed by atoms with van der Waals surface area (Å²) in [5, 5.41) is 0. The minimum atomic E-state index is 0.0282. The van der Waals surface area contributed by atoms with E-state index in [9.17, 15) is 0 Å². The smallest absolute Gasteiger partial charge is 0.0475 e. The lowest BCUT2D eigenvalue weighted by molar-refractivity contribution is 0.698. The third-order valence-electron chi connectivity index (χ3n) is 3.75. The Balaban J connectivity index is 2.15. The van der Waals surface area contributed by atoms with E-state index in [2.05, 4.69) is 75.2 Å². The Labute approximate surface area is 122 Å². The summed E-state index contributed by atoms with van der Waals surface area (Å²) in [5.74, 6) is 0. The quantitative estimate of drug-likeness (QED) is 0.915. The molecule has 2 heteroatoms. The second kappa shape index (κ2) is 6.10. The number of nitrogens with zero attached hydrogens (tertiary/aromatic N) is 1. The van der Waals surface area contributed by atoms with Crippen LogP contribution in [0.2, 0.25) is 0 Å². The molecule has 1 unspecified atom stereocenters. The number of hydrogen-bond acceptors (Lipinski definition) is 2. The second-order valence-electron chi connectivity index (χ2n) is 5.69. The fourth-order valence-electron chi connectivity index (χ4n) is 2.52. The van der Waals surface area contributed by atoms with Crippen molar-refractivity contribution in [3.05, 3.63) is 64.7 Å². The predicted octanol–water partition coefficient (Wildman–Crippen LogP) is 3.75. The normalized spacial score (nSPS) is 12.2. The zero-order valence-corrected chi connectivity index (χ0v) is 12.9. The molecule has 0 aromatic heterocycles. The van der Waals surface area contributed by atoms with Crippen molar-refractivity contribution in [1.29, 1.82) is 0 Å². The Bertz CT molecular complexity index is 590.